The number of aromatic nitrogens is 4. The lowest BCUT2D eigenvalue weighted by Gasteiger charge is -2.16. The molecule has 3 N–H and O–H groups in total. The number of ether oxygens (including phenoxy) is 1. The highest BCUT2D eigenvalue weighted by atomic mass is 19.1. The molecule has 1 fully saturated rings. The molecule has 186 valence electrons. The third kappa shape index (κ3) is 4.04. The number of amides is 2. The first-order chi connectivity index (χ1) is 17.2. The molecular formula is C24H23F2N7O3. The van der Waals surface area contributed by atoms with Gasteiger partial charge >= 0.3 is 0 Å². The number of allylic oxidation sites excluding steroid dienone is 1. The van der Waals surface area contributed by atoms with Gasteiger partial charge in [0.1, 0.15) is 29.0 Å². The van der Waals surface area contributed by atoms with E-state index in [2.05, 4.69) is 33.8 Å². The van der Waals surface area contributed by atoms with Crippen molar-refractivity contribution in [2.24, 2.45) is 12.8 Å². The topological polar surface area (TPSA) is 120 Å². The predicted octanol–water partition coefficient (Wildman–Crippen LogP) is 2.04. The van der Waals surface area contributed by atoms with Crippen LogP contribution in [-0.2, 0) is 16.6 Å². The molecule has 0 aliphatic carbocycles. The van der Waals surface area contributed by atoms with E-state index in [1.54, 1.807) is 14.1 Å². The molecule has 3 aromatic rings. The second-order valence-electron chi connectivity index (χ2n) is 8.01. The Morgan fingerprint density at radius 2 is 2.11 bits per heavy atom. The molecular weight excluding hydrogens is 472 g/mol. The van der Waals surface area contributed by atoms with Crippen LogP contribution in [0.25, 0.3) is 11.0 Å². The third-order valence-electron chi connectivity index (χ3n) is 5.84. The summed E-state index contributed by atoms with van der Waals surface area (Å²) in [7, 11) is 4.65. The Morgan fingerprint density at radius 1 is 1.36 bits per heavy atom. The number of carbonyl (C=O) groups is 2. The van der Waals surface area contributed by atoms with Crippen LogP contribution >= 0.6 is 0 Å². The van der Waals surface area contributed by atoms with E-state index >= 15 is 0 Å². The summed E-state index contributed by atoms with van der Waals surface area (Å²) >= 11 is 0. The smallest absolute Gasteiger partial charge is 0.255 e. The summed E-state index contributed by atoms with van der Waals surface area (Å²) in [5.74, 6) is 2.33. The normalized spacial score (nSPS) is 16.2. The first-order valence-corrected chi connectivity index (χ1v) is 10.8. The van der Waals surface area contributed by atoms with E-state index in [0.29, 0.717) is 12.1 Å². The predicted molar refractivity (Wildman–Crippen MR) is 128 cm³/mol. The fraction of sp³-hybridized carbons (Fsp3) is 0.250. The van der Waals surface area contributed by atoms with Crippen LogP contribution in [0.1, 0.15) is 34.1 Å². The summed E-state index contributed by atoms with van der Waals surface area (Å²) in [5.41, 5.74) is 5.81. The molecule has 1 aliphatic rings. The van der Waals surface area contributed by atoms with Crippen LogP contribution in [0, 0.1) is 23.5 Å². The number of hydrogen-bond donors (Lipinski definition) is 2. The number of anilines is 1. The molecule has 2 aromatic heterocycles. The van der Waals surface area contributed by atoms with Gasteiger partial charge in [-0.25, -0.2) is 18.4 Å². The highest BCUT2D eigenvalue weighted by Crippen LogP contribution is 2.34. The SMILES string of the molecule is C=CC(=O)N1C[C@@H](n2nc(C#Cc3c(F)cc4c(ncn4C)c3F)c(C(N)=O)c2NC)C/C1=C\OC. The second-order valence-corrected chi connectivity index (χ2v) is 8.01. The number of fused-ring (bicyclic) bond motifs is 1. The Morgan fingerprint density at radius 3 is 2.75 bits per heavy atom. The fourth-order valence-corrected chi connectivity index (χ4v) is 4.19. The van der Waals surface area contributed by atoms with Crippen molar-refractivity contribution in [1.29, 1.82) is 0 Å². The van der Waals surface area contributed by atoms with Crippen molar-refractivity contribution in [3.63, 3.8) is 0 Å². The van der Waals surface area contributed by atoms with E-state index in [0.717, 1.165) is 6.07 Å². The fourth-order valence-electron chi connectivity index (χ4n) is 4.19. The molecule has 1 aromatic carbocycles. The number of methoxy groups -OCH3 is 1. The molecule has 1 atom stereocenters. The zero-order valence-corrected chi connectivity index (χ0v) is 19.8. The Bertz CT molecular complexity index is 1490. The van der Waals surface area contributed by atoms with Crippen LogP contribution < -0.4 is 11.1 Å². The maximum Gasteiger partial charge on any atom is 0.255 e. The molecule has 10 nitrogen and oxygen atoms in total. The number of likely N-dealkylation sites (tertiary alicyclic amines) is 1. The highest BCUT2D eigenvalue weighted by molar-refractivity contribution is 6.00. The van der Waals surface area contributed by atoms with Gasteiger partial charge in [-0.15, -0.1) is 0 Å². The van der Waals surface area contributed by atoms with Gasteiger partial charge in [0.05, 0.1) is 36.3 Å². The third-order valence-corrected chi connectivity index (χ3v) is 5.84. The Labute approximate surface area is 205 Å². The van der Waals surface area contributed by atoms with E-state index in [9.17, 15) is 18.4 Å². The van der Waals surface area contributed by atoms with Crippen molar-refractivity contribution >= 4 is 28.7 Å². The molecule has 0 radical (unpaired) electrons. The largest absolute Gasteiger partial charge is 0.503 e. The number of nitrogens with two attached hydrogens (primary N) is 1. The van der Waals surface area contributed by atoms with E-state index in [-0.39, 0.29) is 40.6 Å². The van der Waals surface area contributed by atoms with Gasteiger partial charge < -0.3 is 25.3 Å². The van der Waals surface area contributed by atoms with E-state index in [4.69, 9.17) is 10.5 Å². The number of benzene rings is 1. The van der Waals surface area contributed by atoms with Gasteiger partial charge in [0.15, 0.2) is 11.5 Å². The summed E-state index contributed by atoms with van der Waals surface area (Å²) in [6, 6.07) is 0.722. The van der Waals surface area contributed by atoms with Crippen molar-refractivity contribution in [3.05, 3.63) is 65.5 Å². The first kappa shape index (κ1) is 24.5. The molecule has 3 heterocycles. The van der Waals surface area contributed by atoms with Crippen LogP contribution in [-0.4, -0.2) is 56.7 Å². The number of nitrogens with one attached hydrogen (secondary N) is 1. The number of aryl methyl sites for hydroxylation is 1. The van der Waals surface area contributed by atoms with Crippen LogP contribution in [0.4, 0.5) is 14.6 Å². The van der Waals surface area contributed by atoms with E-state index < -0.39 is 29.1 Å². The summed E-state index contributed by atoms with van der Waals surface area (Å²) < 4.78 is 37.7. The second kappa shape index (κ2) is 9.53. The molecule has 12 heteroatoms. The molecule has 36 heavy (non-hydrogen) atoms. The van der Waals surface area contributed by atoms with Crippen LogP contribution in [0.3, 0.4) is 0 Å². The molecule has 0 bridgehead atoms. The minimum Gasteiger partial charge on any atom is -0.503 e. The number of carbonyl (C=O) groups excluding carboxylic acids is 2. The number of halogens is 2. The monoisotopic (exact) mass is 495 g/mol. The van der Waals surface area contributed by atoms with E-state index in [1.165, 1.54) is 39.9 Å². The van der Waals surface area contributed by atoms with Crippen LogP contribution in [0.2, 0.25) is 0 Å². The standard InChI is InChI=1S/C24H23F2N7O3/c1-5-19(34)32-10-13(8-14(32)11-36-4)33-24(28-2)20(23(27)35)17(30-33)7-6-15-16(25)9-18-22(21(15)26)29-12-31(18)3/h5,9,11-13,28H,1,8,10H2,2-4H3,(H2,27,35)/b14-11+/t13-/m0/s1. The first-order valence-electron chi connectivity index (χ1n) is 10.8. The van der Waals surface area contributed by atoms with Crippen molar-refractivity contribution in [1.82, 2.24) is 24.2 Å². The minimum absolute atomic E-state index is 0.0323. The van der Waals surface area contributed by atoms with Crippen molar-refractivity contribution in [3.8, 4) is 11.8 Å². The molecule has 2 amide bonds. The number of primary amides is 1. The van der Waals surface area contributed by atoms with E-state index in [1.807, 2.05) is 0 Å². The maximum atomic E-state index is 15.0. The Kier molecular flexibility index (Phi) is 6.48. The van der Waals surface area contributed by atoms with Crippen LogP contribution in [0.5, 0.6) is 0 Å². The summed E-state index contributed by atoms with van der Waals surface area (Å²) in [4.78, 5) is 30.1. The van der Waals surface area contributed by atoms with Crippen molar-refractivity contribution in [2.45, 2.75) is 12.5 Å². The van der Waals surface area contributed by atoms with Gasteiger partial charge in [-0.3, -0.25) is 9.59 Å². The lowest BCUT2D eigenvalue weighted by molar-refractivity contribution is -0.123. The number of rotatable bonds is 5. The number of imidazole rings is 1. The molecule has 0 spiro atoms. The van der Waals surface area contributed by atoms with Gasteiger partial charge in [0, 0.05) is 33.1 Å². The quantitative estimate of drug-likeness (QED) is 0.318. The highest BCUT2D eigenvalue weighted by Gasteiger charge is 2.35. The number of nitrogens with zero attached hydrogens (tertiary/aromatic N) is 5. The van der Waals surface area contributed by atoms with Gasteiger partial charge in [0.2, 0.25) is 5.91 Å². The van der Waals surface area contributed by atoms with Crippen LogP contribution in [0.15, 0.2) is 37.0 Å². The minimum atomic E-state index is -0.921. The zero-order chi connectivity index (χ0) is 26.1. The lowest BCUT2D eigenvalue weighted by atomic mass is 10.1. The summed E-state index contributed by atoms with van der Waals surface area (Å²) in [6.45, 7) is 3.73. The van der Waals surface area contributed by atoms with Gasteiger partial charge in [-0.05, 0) is 12.0 Å². The van der Waals surface area contributed by atoms with Gasteiger partial charge in [-0.2, -0.15) is 5.10 Å². The van der Waals surface area contributed by atoms with Crippen molar-refractivity contribution in [2.75, 3.05) is 26.0 Å². The molecule has 1 saturated heterocycles. The molecule has 4 rings (SSSR count). The molecule has 1 aliphatic heterocycles. The maximum absolute atomic E-state index is 15.0. The Hall–Kier alpha value is -4.66. The van der Waals surface area contributed by atoms with Crippen molar-refractivity contribution < 1.29 is 23.1 Å². The Balaban J connectivity index is 1.81. The molecule has 0 unspecified atom stereocenters. The summed E-state index contributed by atoms with van der Waals surface area (Å²) in [6.07, 6.45) is 4.33. The summed E-state index contributed by atoms with van der Waals surface area (Å²) in [5, 5.41) is 7.31. The molecule has 0 saturated carbocycles. The zero-order valence-electron chi connectivity index (χ0n) is 19.8. The van der Waals surface area contributed by atoms with Gasteiger partial charge in [-0.1, -0.05) is 12.5 Å². The lowest BCUT2D eigenvalue weighted by Crippen LogP contribution is -2.27. The average molecular weight is 495 g/mol. The van der Waals surface area contributed by atoms with Gasteiger partial charge in [0.25, 0.3) is 5.91 Å². The number of hydrogen-bond acceptors (Lipinski definition) is 6. The average Bonchev–Trinajstić information content (AvgIpc) is 3.54.